The fraction of sp³-hybridized carbons (Fsp3) is 0.455. The monoisotopic (exact) mass is 389 g/mol. The van der Waals surface area contributed by atoms with Crippen LogP contribution in [0.4, 0.5) is 13.2 Å². The number of halogens is 3. The molecule has 0 radical (unpaired) electrons. The van der Waals surface area contributed by atoms with Crippen LogP contribution in [0.25, 0.3) is 11.1 Å². The SMILES string of the molecule is FC(F)(F)c1cc(-c2ccccc2)ccc1C1CC1NCCN1CCNCC1. The quantitative estimate of drug-likeness (QED) is 0.789. The van der Waals surface area contributed by atoms with Crippen LogP contribution in [0.1, 0.15) is 23.5 Å². The van der Waals surface area contributed by atoms with Gasteiger partial charge in [-0.25, -0.2) is 0 Å². The number of alkyl halides is 3. The molecular weight excluding hydrogens is 363 g/mol. The maximum absolute atomic E-state index is 13.7. The van der Waals surface area contributed by atoms with E-state index in [4.69, 9.17) is 0 Å². The van der Waals surface area contributed by atoms with Crippen molar-refractivity contribution in [3.63, 3.8) is 0 Å². The van der Waals surface area contributed by atoms with E-state index < -0.39 is 11.7 Å². The topological polar surface area (TPSA) is 27.3 Å². The number of hydrogen-bond acceptors (Lipinski definition) is 3. The third-order valence-corrected chi connectivity index (χ3v) is 5.70. The van der Waals surface area contributed by atoms with E-state index in [0.29, 0.717) is 11.1 Å². The summed E-state index contributed by atoms with van der Waals surface area (Å²) in [6.07, 6.45) is -3.57. The maximum Gasteiger partial charge on any atom is 0.416 e. The molecule has 6 heteroatoms. The first kappa shape index (κ1) is 19.4. The van der Waals surface area contributed by atoms with Gasteiger partial charge in [0, 0.05) is 51.2 Å². The first-order chi connectivity index (χ1) is 13.5. The van der Waals surface area contributed by atoms with E-state index in [0.717, 1.165) is 51.3 Å². The van der Waals surface area contributed by atoms with E-state index in [1.807, 2.05) is 36.4 Å². The van der Waals surface area contributed by atoms with E-state index in [9.17, 15) is 13.2 Å². The summed E-state index contributed by atoms with van der Waals surface area (Å²) >= 11 is 0. The zero-order valence-electron chi connectivity index (χ0n) is 15.8. The van der Waals surface area contributed by atoms with Gasteiger partial charge in [-0.15, -0.1) is 0 Å². The van der Waals surface area contributed by atoms with Gasteiger partial charge in [0.25, 0.3) is 0 Å². The van der Waals surface area contributed by atoms with Gasteiger partial charge in [0.1, 0.15) is 0 Å². The molecule has 0 spiro atoms. The number of rotatable bonds is 6. The standard InChI is InChI=1S/C22H26F3N3/c23-22(24,25)20-14-17(16-4-2-1-3-5-16)6-7-18(20)19-15-21(19)27-10-13-28-11-8-26-9-12-28/h1-7,14,19,21,26-27H,8-13,15H2. The predicted molar refractivity (Wildman–Crippen MR) is 105 cm³/mol. The Labute approximate surface area is 163 Å². The Morgan fingerprint density at radius 2 is 1.75 bits per heavy atom. The van der Waals surface area contributed by atoms with Crippen molar-refractivity contribution in [3.8, 4) is 11.1 Å². The molecule has 0 bridgehead atoms. The van der Waals surface area contributed by atoms with Gasteiger partial charge in [-0.1, -0.05) is 42.5 Å². The summed E-state index contributed by atoms with van der Waals surface area (Å²) in [4.78, 5) is 2.39. The van der Waals surface area contributed by atoms with Crippen LogP contribution in [0, 0.1) is 0 Å². The number of benzene rings is 2. The molecule has 2 atom stereocenters. The average molecular weight is 389 g/mol. The number of piperazine rings is 1. The summed E-state index contributed by atoms with van der Waals surface area (Å²) in [7, 11) is 0. The Balaban J connectivity index is 1.43. The molecule has 1 heterocycles. The van der Waals surface area contributed by atoms with Crippen molar-refractivity contribution in [2.75, 3.05) is 39.3 Å². The molecule has 1 saturated carbocycles. The average Bonchev–Trinajstić information content (AvgIpc) is 3.48. The van der Waals surface area contributed by atoms with E-state index >= 15 is 0 Å². The first-order valence-corrected chi connectivity index (χ1v) is 9.95. The fourth-order valence-electron chi connectivity index (χ4n) is 4.04. The minimum Gasteiger partial charge on any atom is -0.314 e. The minimum absolute atomic E-state index is 0.0514. The largest absolute Gasteiger partial charge is 0.416 e. The van der Waals surface area contributed by atoms with Crippen molar-refractivity contribution in [2.45, 2.75) is 24.6 Å². The highest BCUT2D eigenvalue weighted by atomic mass is 19.4. The van der Waals surface area contributed by atoms with Crippen molar-refractivity contribution in [3.05, 3.63) is 59.7 Å². The van der Waals surface area contributed by atoms with Gasteiger partial charge in [0.05, 0.1) is 5.56 Å². The highest BCUT2D eigenvalue weighted by Gasteiger charge is 2.44. The van der Waals surface area contributed by atoms with Gasteiger partial charge in [-0.3, -0.25) is 4.90 Å². The van der Waals surface area contributed by atoms with Crippen LogP contribution in [-0.2, 0) is 6.18 Å². The van der Waals surface area contributed by atoms with Crippen molar-refractivity contribution in [1.82, 2.24) is 15.5 Å². The summed E-state index contributed by atoms with van der Waals surface area (Å²) in [5.41, 5.74) is 1.35. The second kappa shape index (κ2) is 8.23. The minimum atomic E-state index is -4.34. The van der Waals surface area contributed by atoms with E-state index in [1.54, 1.807) is 6.07 Å². The molecule has 0 amide bonds. The first-order valence-electron chi connectivity index (χ1n) is 9.95. The molecule has 28 heavy (non-hydrogen) atoms. The third kappa shape index (κ3) is 4.57. The van der Waals surface area contributed by atoms with E-state index in [-0.39, 0.29) is 12.0 Å². The molecule has 2 fully saturated rings. The molecule has 4 rings (SSSR count). The molecule has 2 aromatic rings. The summed E-state index contributed by atoms with van der Waals surface area (Å²) < 4.78 is 41.2. The zero-order valence-corrected chi connectivity index (χ0v) is 15.8. The van der Waals surface area contributed by atoms with Gasteiger partial charge < -0.3 is 10.6 Å². The van der Waals surface area contributed by atoms with Crippen LogP contribution in [-0.4, -0.2) is 50.2 Å². The van der Waals surface area contributed by atoms with Crippen LogP contribution in [0.2, 0.25) is 0 Å². The lowest BCUT2D eigenvalue weighted by atomic mass is 9.96. The van der Waals surface area contributed by atoms with Crippen molar-refractivity contribution in [1.29, 1.82) is 0 Å². The highest BCUT2D eigenvalue weighted by molar-refractivity contribution is 5.65. The van der Waals surface area contributed by atoms with E-state index in [2.05, 4.69) is 15.5 Å². The van der Waals surface area contributed by atoms with Crippen LogP contribution in [0.5, 0.6) is 0 Å². The predicted octanol–water partition coefficient (Wildman–Crippen LogP) is 3.72. The van der Waals surface area contributed by atoms with Gasteiger partial charge in [-0.2, -0.15) is 13.2 Å². The molecule has 150 valence electrons. The smallest absolute Gasteiger partial charge is 0.314 e. The van der Waals surface area contributed by atoms with E-state index in [1.165, 1.54) is 6.07 Å². The molecule has 2 N–H and O–H groups in total. The van der Waals surface area contributed by atoms with Crippen LogP contribution in [0.15, 0.2) is 48.5 Å². The summed E-state index contributed by atoms with van der Waals surface area (Å²) in [6.45, 7) is 5.86. The van der Waals surface area contributed by atoms with Crippen LogP contribution < -0.4 is 10.6 Å². The van der Waals surface area contributed by atoms with Crippen molar-refractivity contribution < 1.29 is 13.2 Å². The lowest BCUT2D eigenvalue weighted by molar-refractivity contribution is -0.138. The second-order valence-corrected chi connectivity index (χ2v) is 7.66. The molecule has 3 nitrogen and oxygen atoms in total. The Morgan fingerprint density at radius 3 is 2.46 bits per heavy atom. The lowest BCUT2D eigenvalue weighted by Crippen LogP contribution is -2.46. The zero-order chi connectivity index (χ0) is 19.6. The lowest BCUT2D eigenvalue weighted by Gasteiger charge is -2.27. The molecular formula is C22H26F3N3. The Bertz CT molecular complexity index is 785. The van der Waals surface area contributed by atoms with Gasteiger partial charge in [0.2, 0.25) is 0 Å². The third-order valence-electron chi connectivity index (χ3n) is 5.70. The molecule has 2 aromatic carbocycles. The Kier molecular flexibility index (Phi) is 5.71. The highest BCUT2D eigenvalue weighted by Crippen LogP contribution is 2.47. The Hall–Kier alpha value is -1.89. The van der Waals surface area contributed by atoms with Crippen molar-refractivity contribution in [2.24, 2.45) is 0 Å². The molecule has 2 aliphatic rings. The number of hydrogen-bond donors (Lipinski definition) is 2. The molecule has 2 unspecified atom stereocenters. The molecule has 1 aliphatic carbocycles. The normalized spacial score (nSPS) is 23.0. The van der Waals surface area contributed by atoms with Crippen LogP contribution in [0.3, 0.4) is 0 Å². The van der Waals surface area contributed by atoms with Crippen LogP contribution >= 0.6 is 0 Å². The Morgan fingerprint density at radius 1 is 1.00 bits per heavy atom. The summed E-state index contributed by atoms with van der Waals surface area (Å²) in [5, 5.41) is 6.77. The molecule has 1 saturated heterocycles. The molecule has 0 aromatic heterocycles. The number of nitrogens with one attached hydrogen (secondary N) is 2. The fourth-order valence-corrected chi connectivity index (χ4v) is 4.04. The number of nitrogens with zero attached hydrogens (tertiary/aromatic N) is 1. The summed E-state index contributed by atoms with van der Waals surface area (Å²) in [6, 6.07) is 14.2. The summed E-state index contributed by atoms with van der Waals surface area (Å²) in [5.74, 6) is -0.0514. The van der Waals surface area contributed by atoms with Gasteiger partial charge in [0.15, 0.2) is 0 Å². The van der Waals surface area contributed by atoms with Gasteiger partial charge in [-0.05, 0) is 29.2 Å². The maximum atomic E-state index is 13.7. The second-order valence-electron chi connectivity index (χ2n) is 7.66. The van der Waals surface area contributed by atoms with Crippen molar-refractivity contribution >= 4 is 0 Å². The van der Waals surface area contributed by atoms with Gasteiger partial charge >= 0.3 is 6.18 Å². The molecule has 1 aliphatic heterocycles.